The van der Waals surface area contributed by atoms with Crippen molar-refractivity contribution in [1.29, 1.82) is 0 Å². The molecule has 1 aliphatic rings. The summed E-state index contributed by atoms with van der Waals surface area (Å²) in [7, 11) is 1.90. The highest BCUT2D eigenvalue weighted by Crippen LogP contribution is 2.31. The van der Waals surface area contributed by atoms with Crippen LogP contribution >= 0.6 is 0 Å². The summed E-state index contributed by atoms with van der Waals surface area (Å²) in [6.45, 7) is 14.9. The van der Waals surface area contributed by atoms with E-state index < -0.39 is 0 Å². The first-order valence-corrected chi connectivity index (χ1v) is 10.6. The molecule has 1 fully saturated rings. The number of piperidine rings is 1. The number of amides is 1. The molecule has 0 bridgehead atoms. The maximum atomic E-state index is 12.1. The van der Waals surface area contributed by atoms with Crippen molar-refractivity contribution in [2.45, 2.75) is 59.2 Å². The minimum Gasteiger partial charge on any atom is -0.359 e. The number of nitrogens with one attached hydrogen (secondary N) is 2. The maximum absolute atomic E-state index is 12.1. The lowest BCUT2D eigenvalue weighted by Crippen LogP contribution is -2.40. The van der Waals surface area contributed by atoms with Crippen LogP contribution in [0.3, 0.4) is 0 Å². The second-order valence-electron chi connectivity index (χ2n) is 9.13. The third kappa shape index (κ3) is 4.64. The summed E-state index contributed by atoms with van der Waals surface area (Å²) in [5.74, 6) is 0.859. The molecule has 1 saturated heterocycles. The Labute approximate surface area is 174 Å². The van der Waals surface area contributed by atoms with Gasteiger partial charge in [0.2, 0.25) is 11.9 Å². The SMILES string of the molecule is C=CC(=O)N1CCCC(n2c(NC)nc3cc(CN[C@@H](C)C(C)(C)C)ccc32)C1. The molecule has 3 rings (SSSR count). The number of carbonyl (C=O) groups is 1. The number of hydrogen-bond acceptors (Lipinski definition) is 4. The van der Waals surface area contributed by atoms with Gasteiger partial charge in [-0.1, -0.05) is 33.4 Å². The predicted molar refractivity (Wildman–Crippen MR) is 120 cm³/mol. The van der Waals surface area contributed by atoms with Gasteiger partial charge in [-0.2, -0.15) is 0 Å². The van der Waals surface area contributed by atoms with Crippen molar-refractivity contribution >= 4 is 22.9 Å². The van der Waals surface area contributed by atoms with E-state index in [0.29, 0.717) is 12.6 Å². The van der Waals surface area contributed by atoms with E-state index in [4.69, 9.17) is 4.98 Å². The molecule has 0 radical (unpaired) electrons. The summed E-state index contributed by atoms with van der Waals surface area (Å²) < 4.78 is 2.26. The van der Waals surface area contributed by atoms with Gasteiger partial charge in [0.05, 0.1) is 17.1 Å². The van der Waals surface area contributed by atoms with Crippen molar-refractivity contribution in [3.63, 3.8) is 0 Å². The number of aromatic nitrogens is 2. The minimum absolute atomic E-state index is 0.00598. The van der Waals surface area contributed by atoms with E-state index in [1.165, 1.54) is 11.6 Å². The number of anilines is 1. The maximum Gasteiger partial charge on any atom is 0.246 e. The average Bonchev–Trinajstić information content (AvgIpc) is 3.08. The Morgan fingerprint density at radius 1 is 1.41 bits per heavy atom. The monoisotopic (exact) mass is 397 g/mol. The fourth-order valence-electron chi connectivity index (χ4n) is 3.87. The fraction of sp³-hybridized carbons (Fsp3) is 0.565. The molecule has 158 valence electrons. The number of nitrogens with zero attached hydrogens (tertiary/aromatic N) is 3. The van der Waals surface area contributed by atoms with E-state index >= 15 is 0 Å². The molecule has 2 N–H and O–H groups in total. The van der Waals surface area contributed by atoms with Gasteiger partial charge >= 0.3 is 0 Å². The van der Waals surface area contributed by atoms with Crippen molar-refractivity contribution < 1.29 is 4.79 Å². The van der Waals surface area contributed by atoms with Crippen LogP contribution in [0.1, 0.15) is 52.1 Å². The molecular weight excluding hydrogens is 362 g/mol. The zero-order valence-corrected chi connectivity index (χ0v) is 18.5. The lowest BCUT2D eigenvalue weighted by Gasteiger charge is -2.33. The third-order valence-corrected chi connectivity index (χ3v) is 6.14. The number of benzene rings is 1. The molecule has 0 spiro atoms. The number of imidazole rings is 1. The van der Waals surface area contributed by atoms with Crippen molar-refractivity contribution in [3.05, 3.63) is 36.4 Å². The van der Waals surface area contributed by atoms with Gasteiger partial charge < -0.3 is 20.1 Å². The van der Waals surface area contributed by atoms with E-state index in [1.54, 1.807) is 0 Å². The second kappa shape index (κ2) is 8.57. The summed E-state index contributed by atoms with van der Waals surface area (Å²) in [6, 6.07) is 7.14. The fourth-order valence-corrected chi connectivity index (χ4v) is 3.87. The molecule has 1 aromatic carbocycles. The lowest BCUT2D eigenvalue weighted by molar-refractivity contribution is -0.127. The molecule has 0 saturated carbocycles. The molecule has 29 heavy (non-hydrogen) atoms. The normalized spacial score (nSPS) is 18.7. The smallest absolute Gasteiger partial charge is 0.246 e. The molecule has 0 aliphatic carbocycles. The molecular formula is C23H35N5O. The average molecular weight is 398 g/mol. The van der Waals surface area contributed by atoms with Gasteiger partial charge in [-0.15, -0.1) is 0 Å². The Morgan fingerprint density at radius 2 is 2.17 bits per heavy atom. The highest BCUT2D eigenvalue weighted by atomic mass is 16.2. The second-order valence-corrected chi connectivity index (χ2v) is 9.13. The number of hydrogen-bond donors (Lipinski definition) is 2. The van der Waals surface area contributed by atoms with Gasteiger partial charge in [-0.05, 0) is 49.0 Å². The zero-order valence-electron chi connectivity index (χ0n) is 18.5. The molecule has 6 heteroatoms. The lowest BCUT2D eigenvalue weighted by atomic mass is 9.88. The topological polar surface area (TPSA) is 62.2 Å². The quantitative estimate of drug-likeness (QED) is 0.725. The highest BCUT2D eigenvalue weighted by molar-refractivity contribution is 5.87. The number of rotatable bonds is 6. The Hall–Kier alpha value is -2.34. The van der Waals surface area contributed by atoms with Crippen molar-refractivity contribution in [2.24, 2.45) is 5.41 Å². The van der Waals surface area contributed by atoms with E-state index in [9.17, 15) is 4.79 Å². The summed E-state index contributed by atoms with van der Waals surface area (Å²) in [6.07, 6.45) is 3.43. The van der Waals surface area contributed by atoms with Gasteiger partial charge in [-0.3, -0.25) is 4.79 Å². The van der Waals surface area contributed by atoms with Crippen LogP contribution in [0.25, 0.3) is 11.0 Å². The first-order valence-electron chi connectivity index (χ1n) is 10.6. The summed E-state index contributed by atoms with van der Waals surface area (Å²) >= 11 is 0. The zero-order chi connectivity index (χ0) is 21.2. The van der Waals surface area contributed by atoms with E-state index in [0.717, 1.165) is 42.9 Å². The summed E-state index contributed by atoms with van der Waals surface area (Å²) in [4.78, 5) is 18.8. The number of likely N-dealkylation sites (tertiary alicyclic amines) is 1. The molecule has 2 aromatic rings. The van der Waals surface area contributed by atoms with Crippen LogP contribution in [-0.2, 0) is 11.3 Å². The van der Waals surface area contributed by atoms with Gasteiger partial charge in [0.15, 0.2) is 0 Å². The van der Waals surface area contributed by atoms with E-state index in [2.05, 4.69) is 67.7 Å². The molecule has 1 aromatic heterocycles. The summed E-state index contributed by atoms with van der Waals surface area (Å²) in [5.41, 5.74) is 3.55. The van der Waals surface area contributed by atoms with Gasteiger partial charge in [0, 0.05) is 32.7 Å². The highest BCUT2D eigenvalue weighted by Gasteiger charge is 2.27. The van der Waals surface area contributed by atoms with Crippen molar-refractivity contribution in [2.75, 3.05) is 25.5 Å². The Bertz CT molecular complexity index is 879. The van der Waals surface area contributed by atoms with Gasteiger partial charge in [0.1, 0.15) is 0 Å². The number of carbonyl (C=O) groups excluding carboxylic acids is 1. The van der Waals surface area contributed by atoms with Gasteiger partial charge in [0.25, 0.3) is 0 Å². The molecule has 1 amide bonds. The van der Waals surface area contributed by atoms with Crippen molar-refractivity contribution in [3.8, 4) is 0 Å². The Balaban J connectivity index is 1.85. The van der Waals surface area contributed by atoms with Crippen LogP contribution in [0.5, 0.6) is 0 Å². The van der Waals surface area contributed by atoms with Gasteiger partial charge in [-0.25, -0.2) is 4.98 Å². The molecule has 2 atom stereocenters. The van der Waals surface area contributed by atoms with Crippen LogP contribution in [0.2, 0.25) is 0 Å². The summed E-state index contributed by atoms with van der Waals surface area (Å²) in [5, 5.41) is 6.87. The van der Waals surface area contributed by atoms with Crippen molar-refractivity contribution in [1.82, 2.24) is 19.8 Å². The van der Waals surface area contributed by atoms with Crippen LogP contribution in [0.15, 0.2) is 30.9 Å². The molecule has 2 heterocycles. The molecule has 1 unspecified atom stereocenters. The van der Waals surface area contributed by atoms with Crippen LogP contribution < -0.4 is 10.6 Å². The van der Waals surface area contributed by atoms with E-state index in [1.807, 2.05) is 11.9 Å². The third-order valence-electron chi connectivity index (χ3n) is 6.14. The Morgan fingerprint density at radius 3 is 2.83 bits per heavy atom. The number of fused-ring (bicyclic) bond motifs is 1. The van der Waals surface area contributed by atoms with Crippen LogP contribution in [-0.4, -0.2) is 46.5 Å². The molecule has 1 aliphatic heterocycles. The predicted octanol–water partition coefficient (Wildman–Crippen LogP) is 3.95. The largest absolute Gasteiger partial charge is 0.359 e. The molecule has 6 nitrogen and oxygen atoms in total. The Kier molecular flexibility index (Phi) is 6.32. The first kappa shape index (κ1) is 21.4. The van der Waals surface area contributed by atoms with Crippen LogP contribution in [0, 0.1) is 5.41 Å². The van der Waals surface area contributed by atoms with E-state index in [-0.39, 0.29) is 17.4 Å². The minimum atomic E-state index is 0.00598. The standard InChI is InChI=1S/C23H35N5O/c1-7-21(29)27-12-8-9-18(15-27)28-20-11-10-17(13-19(20)26-22(28)24-6)14-25-16(2)23(3,4)5/h7,10-11,13,16,18,25H,1,8-9,12,14-15H2,2-6H3,(H,24,26)/t16-,18?/m0/s1. The van der Waals surface area contributed by atoms with Crippen LogP contribution in [0.4, 0.5) is 5.95 Å². The first-order chi connectivity index (χ1) is 13.7.